The molecule has 6 nitrogen and oxygen atoms in total. The fourth-order valence-corrected chi connectivity index (χ4v) is 3.67. The second-order valence-electron chi connectivity index (χ2n) is 4.53. The van der Waals surface area contributed by atoms with Gasteiger partial charge in [-0.3, -0.25) is 4.79 Å². The molecular formula is C9H16N2O4S. The van der Waals surface area contributed by atoms with Crippen LogP contribution >= 0.6 is 0 Å². The zero-order valence-corrected chi connectivity index (χ0v) is 9.76. The van der Waals surface area contributed by atoms with Gasteiger partial charge in [0.05, 0.1) is 18.1 Å². The largest absolute Gasteiger partial charge is 0.379 e. The van der Waals surface area contributed by atoms with E-state index in [1.54, 1.807) is 0 Å². The highest BCUT2D eigenvalue weighted by Crippen LogP contribution is 2.17. The van der Waals surface area contributed by atoms with Crippen LogP contribution in [0.3, 0.4) is 0 Å². The maximum absolute atomic E-state index is 11.8. The molecule has 2 heterocycles. The zero-order chi connectivity index (χ0) is 11.8. The second kappa shape index (κ2) is 3.97. The van der Waals surface area contributed by atoms with Crippen LogP contribution in [0, 0.1) is 0 Å². The number of amides is 1. The summed E-state index contributed by atoms with van der Waals surface area (Å²) in [5.41, 5.74) is 4.88. The summed E-state index contributed by atoms with van der Waals surface area (Å²) >= 11 is 0. The lowest BCUT2D eigenvalue weighted by Gasteiger charge is -2.22. The molecule has 16 heavy (non-hydrogen) atoms. The van der Waals surface area contributed by atoms with Crippen LogP contribution in [0.2, 0.25) is 0 Å². The number of hydrogen-bond acceptors (Lipinski definition) is 5. The molecule has 0 spiro atoms. The van der Waals surface area contributed by atoms with Gasteiger partial charge < -0.3 is 15.8 Å². The Morgan fingerprint density at radius 2 is 2.25 bits per heavy atom. The number of hydrogen-bond donors (Lipinski definition) is 2. The summed E-state index contributed by atoms with van der Waals surface area (Å²) in [5.74, 6) is -0.131. The van der Waals surface area contributed by atoms with Crippen LogP contribution < -0.4 is 11.1 Å². The van der Waals surface area contributed by atoms with Crippen LogP contribution in [0.4, 0.5) is 0 Å². The molecule has 0 aromatic carbocycles. The van der Waals surface area contributed by atoms with Gasteiger partial charge in [0.15, 0.2) is 9.84 Å². The maximum atomic E-state index is 11.8. The fraction of sp³-hybridized carbons (Fsp3) is 0.889. The third-order valence-corrected chi connectivity index (χ3v) is 4.84. The number of nitrogens with one attached hydrogen (secondary N) is 1. The van der Waals surface area contributed by atoms with Crippen molar-refractivity contribution in [3.8, 4) is 0 Å². The lowest BCUT2D eigenvalue weighted by molar-refractivity contribution is -0.126. The SMILES string of the molecule is NC1(C(=O)NC2CCS(=O)(=O)C2)CCOC1. The molecule has 0 aromatic rings. The molecule has 0 radical (unpaired) electrons. The summed E-state index contributed by atoms with van der Waals surface area (Å²) in [6.07, 6.45) is 0.962. The van der Waals surface area contributed by atoms with E-state index in [2.05, 4.69) is 5.32 Å². The molecule has 3 N–H and O–H groups in total. The van der Waals surface area contributed by atoms with Gasteiger partial charge in [-0.2, -0.15) is 0 Å². The molecule has 7 heteroatoms. The van der Waals surface area contributed by atoms with Gasteiger partial charge in [0.25, 0.3) is 0 Å². The van der Waals surface area contributed by atoms with Gasteiger partial charge in [0.1, 0.15) is 5.54 Å². The molecule has 2 unspecified atom stereocenters. The van der Waals surface area contributed by atoms with Crippen LogP contribution in [0.15, 0.2) is 0 Å². The first kappa shape index (κ1) is 11.8. The highest BCUT2D eigenvalue weighted by Gasteiger charge is 2.40. The van der Waals surface area contributed by atoms with E-state index in [1.165, 1.54) is 0 Å². The molecule has 0 saturated carbocycles. The van der Waals surface area contributed by atoms with Crippen LogP contribution in [0.1, 0.15) is 12.8 Å². The van der Waals surface area contributed by atoms with E-state index in [1.807, 2.05) is 0 Å². The van der Waals surface area contributed by atoms with Crippen LogP contribution in [-0.2, 0) is 19.4 Å². The van der Waals surface area contributed by atoms with E-state index in [9.17, 15) is 13.2 Å². The van der Waals surface area contributed by atoms with Gasteiger partial charge in [-0.15, -0.1) is 0 Å². The van der Waals surface area contributed by atoms with Crippen molar-refractivity contribution >= 4 is 15.7 Å². The summed E-state index contributed by atoms with van der Waals surface area (Å²) in [5, 5.41) is 2.69. The minimum absolute atomic E-state index is 0.0235. The quantitative estimate of drug-likeness (QED) is 0.613. The molecule has 2 rings (SSSR count). The predicted molar refractivity (Wildman–Crippen MR) is 57.6 cm³/mol. The zero-order valence-electron chi connectivity index (χ0n) is 8.94. The molecule has 1 amide bonds. The molecule has 2 fully saturated rings. The Bertz CT molecular complexity index is 386. The van der Waals surface area contributed by atoms with E-state index in [-0.39, 0.29) is 30.1 Å². The molecule has 92 valence electrons. The average molecular weight is 248 g/mol. The molecule has 2 saturated heterocycles. The molecule has 2 aliphatic heterocycles. The van der Waals surface area contributed by atoms with Crippen molar-refractivity contribution in [1.82, 2.24) is 5.32 Å². The van der Waals surface area contributed by atoms with Crippen molar-refractivity contribution in [1.29, 1.82) is 0 Å². The van der Waals surface area contributed by atoms with E-state index in [0.29, 0.717) is 19.4 Å². The summed E-state index contributed by atoms with van der Waals surface area (Å²) < 4.78 is 27.5. The lowest BCUT2D eigenvalue weighted by atomic mass is 9.99. The number of ether oxygens (including phenoxy) is 1. The first-order valence-electron chi connectivity index (χ1n) is 5.29. The summed E-state index contributed by atoms with van der Waals surface area (Å²) in [6.45, 7) is 0.686. The van der Waals surface area contributed by atoms with Crippen molar-refractivity contribution in [3.63, 3.8) is 0 Å². The first-order chi connectivity index (χ1) is 7.41. The Balaban J connectivity index is 1.93. The van der Waals surface area contributed by atoms with Gasteiger partial charge >= 0.3 is 0 Å². The Kier molecular flexibility index (Phi) is 2.93. The van der Waals surface area contributed by atoms with Crippen molar-refractivity contribution < 1.29 is 17.9 Å². The first-order valence-corrected chi connectivity index (χ1v) is 7.11. The smallest absolute Gasteiger partial charge is 0.242 e. The standard InChI is InChI=1S/C9H16N2O4S/c10-9(2-3-15-6-9)8(12)11-7-1-4-16(13,14)5-7/h7H,1-6,10H2,(H,11,12). The fourth-order valence-electron chi connectivity index (χ4n) is 2.00. The lowest BCUT2D eigenvalue weighted by Crippen LogP contribution is -2.56. The molecule has 0 aromatic heterocycles. The molecule has 2 atom stereocenters. The number of carbonyl (C=O) groups excluding carboxylic acids is 1. The van der Waals surface area contributed by atoms with Crippen LogP contribution in [-0.4, -0.2) is 50.6 Å². The summed E-state index contributed by atoms with van der Waals surface area (Å²) in [7, 11) is -2.97. The monoisotopic (exact) mass is 248 g/mol. The maximum Gasteiger partial charge on any atom is 0.242 e. The van der Waals surface area contributed by atoms with Crippen molar-refractivity contribution in [3.05, 3.63) is 0 Å². The Morgan fingerprint density at radius 3 is 2.75 bits per heavy atom. The van der Waals surface area contributed by atoms with Gasteiger partial charge in [-0.1, -0.05) is 0 Å². The Hall–Kier alpha value is -0.660. The summed E-state index contributed by atoms with van der Waals surface area (Å²) in [4.78, 5) is 11.8. The van der Waals surface area contributed by atoms with Crippen LogP contribution in [0.25, 0.3) is 0 Å². The molecule has 0 aliphatic carbocycles. The van der Waals surface area contributed by atoms with E-state index in [0.717, 1.165) is 0 Å². The molecule has 0 bridgehead atoms. The number of sulfone groups is 1. The Labute approximate surface area is 94.4 Å². The van der Waals surface area contributed by atoms with Gasteiger partial charge in [-0.25, -0.2) is 8.42 Å². The second-order valence-corrected chi connectivity index (χ2v) is 6.76. The van der Waals surface area contributed by atoms with Crippen LogP contribution in [0.5, 0.6) is 0 Å². The van der Waals surface area contributed by atoms with Gasteiger partial charge in [-0.05, 0) is 12.8 Å². The van der Waals surface area contributed by atoms with Gasteiger partial charge in [0.2, 0.25) is 5.91 Å². The van der Waals surface area contributed by atoms with Crippen molar-refractivity contribution in [2.24, 2.45) is 5.73 Å². The molecular weight excluding hydrogens is 232 g/mol. The average Bonchev–Trinajstić information content (AvgIpc) is 2.74. The highest BCUT2D eigenvalue weighted by atomic mass is 32.2. The highest BCUT2D eigenvalue weighted by molar-refractivity contribution is 7.91. The number of carbonyl (C=O) groups is 1. The van der Waals surface area contributed by atoms with Crippen molar-refractivity contribution in [2.45, 2.75) is 24.4 Å². The summed E-state index contributed by atoms with van der Waals surface area (Å²) in [6, 6.07) is -0.293. The van der Waals surface area contributed by atoms with E-state index < -0.39 is 15.4 Å². The third-order valence-electron chi connectivity index (χ3n) is 3.07. The predicted octanol–water partition coefficient (Wildman–Crippen LogP) is -1.59. The topological polar surface area (TPSA) is 98.5 Å². The minimum Gasteiger partial charge on any atom is -0.379 e. The third kappa shape index (κ3) is 2.36. The van der Waals surface area contributed by atoms with E-state index >= 15 is 0 Å². The normalized spacial score (nSPS) is 37.4. The molecule has 2 aliphatic rings. The Morgan fingerprint density at radius 1 is 1.50 bits per heavy atom. The number of nitrogens with two attached hydrogens (primary N) is 1. The van der Waals surface area contributed by atoms with Crippen molar-refractivity contribution in [2.75, 3.05) is 24.7 Å². The number of rotatable bonds is 2. The van der Waals surface area contributed by atoms with Gasteiger partial charge in [0, 0.05) is 12.6 Å². The van der Waals surface area contributed by atoms with E-state index in [4.69, 9.17) is 10.5 Å². The minimum atomic E-state index is -2.97.